The van der Waals surface area contributed by atoms with Crippen LogP contribution in [-0.4, -0.2) is 23.0 Å². The van der Waals surface area contributed by atoms with E-state index in [1.807, 2.05) is 72.8 Å². The van der Waals surface area contributed by atoms with Crippen LogP contribution in [-0.2, 0) is 28.1 Å². The summed E-state index contributed by atoms with van der Waals surface area (Å²) in [5.41, 5.74) is 16.9. The molecule has 2 aliphatic carbocycles. The van der Waals surface area contributed by atoms with Gasteiger partial charge in [0.25, 0.3) is 0 Å². The lowest BCUT2D eigenvalue weighted by molar-refractivity contribution is -0.127. The lowest BCUT2D eigenvalue weighted by Gasteiger charge is -2.47. The van der Waals surface area contributed by atoms with Gasteiger partial charge in [-0.1, -0.05) is 72.8 Å². The van der Waals surface area contributed by atoms with Crippen molar-refractivity contribution in [3.63, 3.8) is 0 Å². The van der Waals surface area contributed by atoms with Crippen molar-refractivity contribution >= 4 is 17.5 Å². The quantitative estimate of drug-likeness (QED) is 0.137. The van der Waals surface area contributed by atoms with Crippen LogP contribution >= 0.6 is 0 Å². The van der Waals surface area contributed by atoms with Gasteiger partial charge < -0.3 is 10.6 Å². The molecule has 0 saturated heterocycles. The van der Waals surface area contributed by atoms with Crippen LogP contribution in [0.2, 0.25) is 0 Å². The molecule has 9 nitrogen and oxygen atoms in total. The number of ether oxygens (including phenoxy) is 1. The van der Waals surface area contributed by atoms with E-state index in [1.54, 1.807) is 12.1 Å². The van der Waals surface area contributed by atoms with Crippen LogP contribution in [0.25, 0.3) is 0 Å². The molecule has 4 N–H and O–H groups in total. The summed E-state index contributed by atoms with van der Waals surface area (Å²) in [7, 11) is 0. The summed E-state index contributed by atoms with van der Waals surface area (Å²) >= 11 is 0. The molecule has 204 valence electrons. The molecule has 2 fully saturated rings. The van der Waals surface area contributed by atoms with Gasteiger partial charge in [-0.2, -0.15) is 15.3 Å². The standard InChI is InChI=1S/C31H32N6O3/c32-35-26-20-31(37-34,25-9-5-2-6-10-25)30(27(26)38)17-15-29(36-33,16-18-30)19-22-11-13-24(14-12-22)28(39)40-21-23-7-3-1-4-8-23/h1-14,33-34H,15-21,32H2. The minimum absolute atomic E-state index is 0.160. The van der Waals surface area contributed by atoms with Crippen molar-refractivity contribution in [2.45, 2.75) is 56.2 Å². The summed E-state index contributed by atoms with van der Waals surface area (Å²) in [5.74, 6) is 5.05. The Morgan fingerprint density at radius 3 is 2.02 bits per heavy atom. The number of hydrogen-bond acceptors (Lipinski definition) is 9. The molecule has 2 aliphatic rings. The average Bonchev–Trinajstić information content (AvgIpc) is 3.26. The predicted octanol–water partition coefficient (Wildman–Crippen LogP) is 6.13. The summed E-state index contributed by atoms with van der Waals surface area (Å²) in [6, 6.07) is 26.1. The van der Waals surface area contributed by atoms with Crippen molar-refractivity contribution in [1.82, 2.24) is 0 Å². The number of benzene rings is 3. The zero-order chi connectivity index (χ0) is 28.2. The molecule has 0 aromatic heterocycles. The van der Waals surface area contributed by atoms with Crippen LogP contribution in [0.15, 0.2) is 100 Å². The van der Waals surface area contributed by atoms with E-state index in [1.165, 1.54) is 0 Å². The number of nitrogens with zero attached hydrogens (tertiary/aromatic N) is 3. The molecule has 0 heterocycles. The van der Waals surface area contributed by atoms with Gasteiger partial charge in [0.2, 0.25) is 0 Å². The summed E-state index contributed by atoms with van der Waals surface area (Å²) in [5, 5.41) is 12.0. The Labute approximate surface area is 232 Å². The fourth-order valence-corrected chi connectivity index (χ4v) is 6.42. The molecule has 0 radical (unpaired) electrons. The maximum Gasteiger partial charge on any atom is 0.338 e. The first kappa shape index (κ1) is 27.1. The molecule has 1 spiro atoms. The average molecular weight is 537 g/mol. The fourth-order valence-electron chi connectivity index (χ4n) is 6.42. The Hall–Kier alpha value is -4.53. The second kappa shape index (κ2) is 10.9. The number of Topliss-reactive ketones (excluding diaryl/α,β-unsaturated/α-hetero) is 1. The van der Waals surface area contributed by atoms with Gasteiger partial charge in [-0.05, 0) is 60.9 Å². The molecule has 0 aliphatic heterocycles. The Bertz CT molecular complexity index is 1430. The molecule has 3 aromatic carbocycles. The third kappa shape index (κ3) is 4.61. The number of rotatable bonds is 8. The molecule has 2 saturated carbocycles. The molecular weight excluding hydrogens is 504 g/mol. The highest BCUT2D eigenvalue weighted by atomic mass is 16.5. The van der Waals surface area contributed by atoms with Gasteiger partial charge in [0.1, 0.15) is 17.9 Å². The number of hydrazone groups is 1. The number of nitrogens with two attached hydrogens (primary N) is 1. The normalized spacial score (nSPS) is 27.0. The van der Waals surface area contributed by atoms with Crippen molar-refractivity contribution in [2.24, 2.45) is 26.6 Å². The molecule has 40 heavy (non-hydrogen) atoms. The first-order valence-electron chi connectivity index (χ1n) is 13.4. The number of nitrogens with one attached hydrogen (secondary N) is 2. The van der Waals surface area contributed by atoms with Crippen molar-refractivity contribution < 1.29 is 14.3 Å². The maximum absolute atomic E-state index is 13.7. The van der Waals surface area contributed by atoms with Crippen LogP contribution in [0.4, 0.5) is 0 Å². The number of carbonyl (C=O) groups is 2. The van der Waals surface area contributed by atoms with Gasteiger partial charge in [-0.15, -0.1) is 0 Å². The van der Waals surface area contributed by atoms with E-state index < -0.39 is 22.5 Å². The Kier molecular flexibility index (Phi) is 7.38. The third-order valence-electron chi connectivity index (χ3n) is 8.72. The maximum atomic E-state index is 13.7. The van der Waals surface area contributed by atoms with Gasteiger partial charge in [-0.25, -0.2) is 15.9 Å². The fraction of sp³-hybridized carbons (Fsp3) is 0.323. The van der Waals surface area contributed by atoms with E-state index >= 15 is 0 Å². The highest BCUT2D eigenvalue weighted by Crippen LogP contribution is 2.61. The molecule has 1 unspecified atom stereocenters. The van der Waals surface area contributed by atoms with Gasteiger partial charge in [0, 0.05) is 6.42 Å². The van der Waals surface area contributed by atoms with Gasteiger partial charge in [-0.3, -0.25) is 4.79 Å². The monoisotopic (exact) mass is 536 g/mol. The molecule has 9 heteroatoms. The number of esters is 1. The Balaban J connectivity index is 1.32. The molecule has 0 bridgehead atoms. The summed E-state index contributed by atoms with van der Waals surface area (Å²) < 4.78 is 5.43. The minimum atomic E-state index is -1.08. The highest BCUT2D eigenvalue weighted by molar-refractivity contribution is 6.44. The van der Waals surface area contributed by atoms with E-state index in [2.05, 4.69) is 15.3 Å². The highest BCUT2D eigenvalue weighted by Gasteiger charge is 2.66. The first-order valence-corrected chi connectivity index (χ1v) is 13.4. The van der Waals surface area contributed by atoms with Crippen LogP contribution < -0.4 is 5.84 Å². The van der Waals surface area contributed by atoms with Crippen LogP contribution in [0, 0.1) is 16.5 Å². The molecule has 3 aromatic rings. The van der Waals surface area contributed by atoms with Crippen molar-refractivity contribution in [3.8, 4) is 0 Å². The zero-order valence-electron chi connectivity index (χ0n) is 22.2. The number of hydrogen-bond donors (Lipinski definition) is 3. The smallest absolute Gasteiger partial charge is 0.338 e. The van der Waals surface area contributed by atoms with E-state index in [0.29, 0.717) is 37.7 Å². The van der Waals surface area contributed by atoms with Gasteiger partial charge in [0.15, 0.2) is 5.78 Å². The van der Waals surface area contributed by atoms with E-state index in [-0.39, 0.29) is 24.5 Å². The Morgan fingerprint density at radius 2 is 1.45 bits per heavy atom. The van der Waals surface area contributed by atoms with Crippen LogP contribution in [0.1, 0.15) is 59.2 Å². The van der Waals surface area contributed by atoms with Crippen molar-refractivity contribution in [2.75, 3.05) is 0 Å². The number of ketones is 1. The molecular formula is C31H32N6O3. The van der Waals surface area contributed by atoms with Crippen LogP contribution in [0.3, 0.4) is 0 Å². The Morgan fingerprint density at radius 1 is 0.825 bits per heavy atom. The SMILES string of the molecule is N=NC1(Cc2ccc(C(=O)OCc3ccccc3)cc2)CCC2(CC1)C(=O)C(=NN)CC2(N=N)c1ccccc1. The second-order valence-corrected chi connectivity index (χ2v) is 10.8. The molecule has 1 atom stereocenters. The summed E-state index contributed by atoms with van der Waals surface area (Å²) in [6.45, 7) is 0.203. The summed E-state index contributed by atoms with van der Waals surface area (Å²) in [6.07, 6.45) is 2.45. The van der Waals surface area contributed by atoms with E-state index in [4.69, 9.17) is 21.6 Å². The first-order chi connectivity index (χ1) is 19.4. The lowest BCUT2D eigenvalue weighted by Crippen LogP contribution is -2.50. The van der Waals surface area contributed by atoms with E-state index in [9.17, 15) is 9.59 Å². The predicted molar refractivity (Wildman–Crippen MR) is 149 cm³/mol. The lowest BCUT2D eigenvalue weighted by atomic mass is 9.57. The van der Waals surface area contributed by atoms with Crippen molar-refractivity contribution in [1.29, 1.82) is 11.1 Å². The third-order valence-corrected chi connectivity index (χ3v) is 8.72. The van der Waals surface area contributed by atoms with Crippen LogP contribution in [0.5, 0.6) is 0 Å². The molecule has 0 amide bonds. The van der Waals surface area contributed by atoms with Crippen molar-refractivity contribution in [3.05, 3.63) is 107 Å². The largest absolute Gasteiger partial charge is 0.457 e. The minimum Gasteiger partial charge on any atom is -0.457 e. The topological polar surface area (TPSA) is 154 Å². The second-order valence-electron chi connectivity index (χ2n) is 10.8. The van der Waals surface area contributed by atoms with E-state index in [0.717, 1.165) is 16.7 Å². The van der Waals surface area contributed by atoms with Gasteiger partial charge >= 0.3 is 5.97 Å². The zero-order valence-corrected chi connectivity index (χ0v) is 22.2. The molecule has 5 rings (SSSR count). The number of carbonyl (C=O) groups excluding carboxylic acids is 2. The summed E-state index contributed by atoms with van der Waals surface area (Å²) in [4.78, 5) is 26.2. The van der Waals surface area contributed by atoms with Gasteiger partial charge in [0.05, 0.1) is 16.5 Å².